The van der Waals surface area contributed by atoms with Crippen LogP contribution in [0.4, 0.5) is 5.95 Å². The van der Waals surface area contributed by atoms with Gasteiger partial charge in [-0.05, 0) is 31.0 Å². The smallest absolute Gasteiger partial charge is 0.201 e. The zero-order valence-electron chi connectivity index (χ0n) is 11.1. The van der Waals surface area contributed by atoms with Crippen molar-refractivity contribution in [3.05, 3.63) is 22.7 Å². The predicted octanol–water partition coefficient (Wildman–Crippen LogP) is 4.67. The lowest BCUT2D eigenvalue weighted by molar-refractivity contribution is 0.381. The molecule has 3 nitrogen and oxygen atoms in total. The van der Waals surface area contributed by atoms with Crippen molar-refractivity contribution in [3.63, 3.8) is 0 Å². The summed E-state index contributed by atoms with van der Waals surface area (Å²) in [5, 5.41) is 0. The first-order valence-corrected chi connectivity index (χ1v) is 7.98. The maximum absolute atomic E-state index is 6.16. The van der Waals surface area contributed by atoms with Gasteiger partial charge in [-0.25, -0.2) is 4.98 Å². The Kier molecular flexibility index (Phi) is 3.78. The fraction of sp³-hybridized carbons (Fsp3) is 0.533. The summed E-state index contributed by atoms with van der Waals surface area (Å²) in [5.74, 6) is 0.665. The van der Waals surface area contributed by atoms with Crippen molar-refractivity contribution in [1.82, 2.24) is 9.55 Å². The number of anilines is 1. The van der Waals surface area contributed by atoms with Gasteiger partial charge in [0.15, 0.2) is 0 Å². The van der Waals surface area contributed by atoms with Crippen molar-refractivity contribution in [2.75, 3.05) is 5.73 Å². The zero-order chi connectivity index (χ0) is 13.2. The topological polar surface area (TPSA) is 43.8 Å². The van der Waals surface area contributed by atoms with E-state index in [0.29, 0.717) is 12.0 Å². The highest BCUT2D eigenvalue weighted by Gasteiger charge is 2.18. The van der Waals surface area contributed by atoms with Crippen LogP contribution < -0.4 is 5.73 Å². The molecule has 2 aromatic rings. The van der Waals surface area contributed by atoms with Gasteiger partial charge in [-0.1, -0.05) is 48.0 Å². The molecule has 1 aromatic carbocycles. The van der Waals surface area contributed by atoms with Crippen LogP contribution in [-0.2, 0) is 0 Å². The summed E-state index contributed by atoms with van der Waals surface area (Å²) in [6.07, 6.45) is 9.15. The van der Waals surface area contributed by atoms with Crippen LogP contribution in [0, 0.1) is 0 Å². The minimum absolute atomic E-state index is 0.514. The third-order valence-corrected chi connectivity index (χ3v) is 4.61. The van der Waals surface area contributed by atoms with Crippen LogP contribution in [0.5, 0.6) is 0 Å². The van der Waals surface area contributed by atoms with E-state index in [-0.39, 0.29) is 0 Å². The molecule has 1 heterocycles. The molecule has 0 aliphatic heterocycles. The van der Waals surface area contributed by atoms with Crippen molar-refractivity contribution in [2.24, 2.45) is 0 Å². The molecule has 19 heavy (non-hydrogen) atoms. The van der Waals surface area contributed by atoms with E-state index >= 15 is 0 Å². The first-order valence-electron chi connectivity index (χ1n) is 7.18. The summed E-state index contributed by atoms with van der Waals surface area (Å²) >= 11 is 3.55. The van der Waals surface area contributed by atoms with E-state index in [4.69, 9.17) is 5.73 Å². The summed E-state index contributed by atoms with van der Waals surface area (Å²) in [7, 11) is 0. The van der Waals surface area contributed by atoms with Crippen LogP contribution in [0.3, 0.4) is 0 Å². The minimum atomic E-state index is 0.514. The summed E-state index contributed by atoms with van der Waals surface area (Å²) < 4.78 is 3.35. The van der Waals surface area contributed by atoms with E-state index in [0.717, 1.165) is 15.5 Å². The number of halogens is 1. The Labute approximate surface area is 122 Å². The van der Waals surface area contributed by atoms with E-state index in [9.17, 15) is 0 Å². The van der Waals surface area contributed by atoms with Gasteiger partial charge < -0.3 is 10.3 Å². The van der Waals surface area contributed by atoms with Crippen LogP contribution >= 0.6 is 15.9 Å². The molecule has 1 aliphatic carbocycles. The Bertz CT molecular complexity index is 568. The van der Waals surface area contributed by atoms with Gasteiger partial charge in [0.1, 0.15) is 0 Å². The number of rotatable bonds is 1. The highest BCUT2D eigenvalue weighted by atomic mass is 79.9. The zero-order valence-corrected chi connectivity index (χ0v) is 12.7. The van der Waals surface area contributed by atoms with Crippen LogP contribution in [0.25, 0.3) is 11.0 Å². The molecule has 0 radical (unpaired) electrons. The fourth-order valence-corrected chi connectivity index (χ4v) is 3.51. The molecular formula is C15H20BrN3. The normalized spacial score (nSPS) is 18.4. The van der Waals surface area contributed by atoms with Gasteiger partial charge in [0.2, 0.25) is 5.95 Å². The number of nitrogens with two attached hydrogens (primary N) is 1. The Morgan fingerprint density at radius 1 is 1.11 bits per heavy atom. The molecule has 1 aromatic heterocycles. The Morgan fingerprint density at radius 3 is 2.53 bits per heavy atom. The number of aromatic nitrogens is 2. The van der Waals surface area contributed by atoms with Gasteiger partial charge in [-0.3, -0.25) is 0 Å². The largest absolute Gasteiger partial charge is 0.369 e. The number of hydrogen-bond acceptors (Lipinski definition) is 2. The molecule has 0 spiro atoms. The molecule has 0 saturated heterocycles. The van der Waals surface area contributed by atoms with Crippen molar-refractivity contribution in [3.8, 4) is 0 Å². The first-order chi connectivity index (χ1) is 9.25. The van der Waals surface area contributed by atoms with Gasteiger partial charge in [-0.2, -0.15) is 0 Å². The van der Waals surface area contributed by atoms with Crippen molar-refractivity contribution in [2.45, 2.75) is 51.0 Å². The van der Waals surface area contributed by atoms with Gasteiger partial charge in [0.25, 0.3) is 0 Å². The summed E-state index contributed by atoms with van der Waals surface area (Å²) in [4.78, 5) is 4.50. The molecule has 0 atom stereocenters. The SMILES string of the molecule is Nc1nc2ccc(Br)cc2n1C1CCCCCCC1. The van der Waals surface area contributed by atoms with Crippen LogP contribution in [-0.4, -0.2) is 9.55 Å². The molecule has 1 fully saturated rings. The summed E-state index contributed by atoms with van der Waals surface area (Å²) in [6, 6.07) is 6.71. The average Bonchev–Trinajstić information content (AvgIpc) is 2.65. The third-order valence-electron chi connectivity index (χ3n) is 4.12. The van der Waals surface area contributed by atoms with E-state index in [1.807, 2.05) is 12.1 Å². The summed E-state index contributed by atoms with van der Waals surface area (Å²) in [6.45, 7) is 0. The lowest BCUT2D eigenvalue weighted by Crippen LogP contribution is -2.13. The highest BCUT2D eigenvalue weighted by Crippen LogP contribution is 2.32. The molecule has 1 aliphatic rings. The standard InChI is InChI=1S/C15H20BrN3/c16-11-8-9-13-14(10-11)19(15(17)18-13)12-6-4-2-1-3-5-7-12/h8-10,12H,1-7H2,(H2,17,18). The van der Waals surface area contributed by atoms with Crippen molar-refractivity contribution in [1.29, 1.82) is 0 Å². The maximum Gasteiger partial charge on any atom is 0.201 e. The van der Waals surface area contributed by atoms with Crippen LogP contribution in [0.15, 0.2) is 22.7 Å². The summed E-state index contributed by atoms with van der Waals surface area (Å²) in [5.41, 5.74) is 8.33. The van der Waals surface area contributed by atoms with Crippen LogP contribution in [0.2, 0.25) is 0 Å². The Balaban J connectivity index is 2.01. The van der Waals surface area contributed by atoms with Crippen LogP contribution in [0.1, 0.15) is 51.0 Å². The van der Waals surface area contributed by atoms with E-state index in [1.165, 1.54) is 44.9 Å². The average molecular weight is 322 g/mol. The second kappa shape index (κ2) is 5.53. The van der Waals surface area contributed by atoms with Gasteiger partial charge in [0, 0.05) is 10.5 Å². The van der Waals surface area contributed by atoms with E-state index in [1.54, 1.807) is 0 Å². The molecular weight excluding hydrogens is 302 g/mol. The Morgan fingerprint density at radius 2 is 1.79 bits per heavy atom. The Hall–Kier alpha value is -1.03. The molecule has 0 unspecified atom stereocenters. The monoisotopic (exact) mass is 321 g/mol. The number of nitrogens with zero attached hydrogens (tertiary/aromatic N) is 2. The molecule has 0 amide bonds. The quantitative estimate of drug-likeness (QED) is 0.829. The number of nitrogen functional groups attached to an aromatic ring is 1. The van der Waals surface area contributed by atoms with E-state index in [2.05, 4.69) is 31.5 Å². The second-order valence-corrected chi connectivity index (χ2v) is 6.39. The van der Waals surface area contributed by atoms with Gasteiger partial charge in [0.05, 0.1) is 11.0 Å². The third kappa shape index (κ3) is 2.64. The number of imidazole rings is 1. The van der Waals surface area contributed by atoms with E-state index < -0.39 is 0 Å². The second-order valence-electron chi connectivity index (χ2n) is 5.47. The minimum Gasteiger partial charge on any atom is -0.369 e. The van der Waals surface area contributed by atoms with Gasteiger partial charge >= 0.3 is 0 Å². The molecule has 1 saturated carbocycles. The first kappa shape index (κ1) is 13.0. The fourth-order valence-electron chi connectivity index (χ4n) is 3.16. The molecule has 2 N–H and O–H groups in total. The molecule has 102 valence electrons. The lowest BCUT2D eigenvalue weighted by atomic mass is 9.96. The number of hydrogen-bond donors (Lipinski definition) is 1. The lowest BCUT2D eigenvalue weighted by Gasteiger charge is -2.22. The number of fused-ring (bicyclic) bond motifs is 1. The maximum atomic E-state index is 6.16. The molecule has 3 rings (SSSR count). The van der Waals surface area contributed by atoms with Gasteiger partial charge in [-0.15, -0.1) is 0 Å². The van der Waals surface area contributed by atoms with Crippen molar-refractivity contribution < 1.29 is 0 Å². The molecule has 4 heteroatoms. The van der Waals surface area contributed by atoms with Crippen molar-refractivity contribution >= 4 is 32.9 Å². The predicted molar refractivity (Wildman–Crippen MR) is 83.2 cm³/mol. The molecule has 0 bridgehead atoms. The highest BCUT2D eigenvalue weighted by molar-refractivity contribution is 9.10. The number of benzene rings is 1.